The second kappa shape index (κ2) is 10.3. The minimum absolute atomic E-state index is 0.112. The number of halogens is 1. The Bertz CT molecular complexity index is 1290. The molecule has 0 aliphatic rings. The van der Waals surface area contributed by atoms with E-state index >= 15 is 0 Å². The molecule has 6 nitrogen and oxygen atoms in total. The molecule has 3 N–H and O–H groups in total. The Morgan fingerprint density at radius 3 is 2.56 bits per heavy atom. The quantitative estimate of drug-likeness (QED) is 0.362. The van der Waals surface area contributed by atoms with E-state index < -0.39 is 11.7 Å². The first kappa shape index (κ1) is 23.2. The molecule has 0 aliphatic heterocycles. The SMILES string of the molecule is CCCN(c1ccccc1)c1ccc(F)c(NC(=O)c2cc(C)nn2-c2cccc(CN)c2)c1. The van der Waals surface area contributed by atoms with E-state index in [-0.39, 0.29) is 5.69 Å². The van der Waals surface area contributed by atoms with Crippen molar-refractivity contribution in [3.05, 3.63) is 102 Å². The fourth-order valence-electron chi connectivity index (χ4n) is 3.88. The Balaban J connectivity index is 1.66. The molecule has 0 aliphatic carbocycles. The van der Waals surface area contributed by atoms with E-state index in [0.29, 0.717) is 23.6 Å². The van der Waals surface area contributed by atoms with Gasteiger partial charge in [-0.1, -0.05) is 37.3 Å². The Morgan fingerprint density at radius 1 is 1.03 bits per heavy atom. The number of nitrogens with two attached hydrogens (primary N) is 1. The van der Waals surface area contributed by atoms with Crippen molar-refractivity contribution >= 4 is 23.0 Å². The van der Waals surface area contributed by atoms with Crippen LogP contribution >= 0.6 is 0 Å². The van der Waals surface area contributed by atoms with Crippen molar-refractivity contribution in [3.8, 4) is 5.69 Å². The van der Waals surface area contributed by atoms with Crippen LogP contribution in [0.3, 0.4) is 0 Å². The van der Waals surface area contributed by atoms with Crippen LogP contribution in [-0.2, 0) is 6.54 Å². The minimum Gasteiger partial charge on any atom is -0.341 e. The Kier molecular flexibility index (Phi) is 7.04. The third-order valence-corrected chi connectivity index (χ3v) is 5.48. The number of nitrogens with zero attached hydrogens (tertiary/aromatic N) is 3. The van der Waals surface area contributed by atoms with Crippen LogP contribution in [0.2, 0.25) is 0 Å². The molecule has 0 saturated carbocycles. The summed E-state index contributed by atoms with van der Waals surface area (Å²) >= 11 is 0. The number of para-hydroxylation sites is 1. The lowest BCUT2D eigenvalue weighted by Gasteiger charge is -2.25. The molecule has 0 radical (unpaired) electrons. The van der Waals surface area contributed by atoms with Crippen molar-refractivity contribution in [1.29, 1.82) is 0 Å². The Labute approximate surface area is 198 Å². The van der Waals surface area contributed by atoms with Crippen LogP contribution in [0.25, 0.3) is 5.69 Å². The number of aryl methyl sites for hydroxylation is 1. The molecule has 0 atom stereocenters. The van der Waals surface area contributed by atoms with Gasteiger partial charge in [0.25, 0.3) is 5.91 Å². The zero-order valence-electron chi connectivity index (χ0n) is 19.3. The summed E-state index contributed by atoms with van der Waals surface area (Å²) in [6.45, 7) is 5.03. The van der Waals surface area contributed by atoms with Crippen molar-refractivity contribution in [2.75, 3.05) is 16.8 Å². The van der Waals surface area contributed by atoms with Crippen LogP contribution in [0.5, 0.6) is 0 Å². The highest BCUT2D eigenvalue weighted by atomic mass is 19.1. The summed E-state index contributed by atoms with van der Waals surface area (Å²) < 4.78 is 16.3. The molecule has 0 saturated heterocycles. The normalized spacial score (nSPS) is 10.8. The summed E-state index contributed by atoms with van der Waals surface area (Å²) in [5.74, 6) is -0.953. The number of hydrogen-bond donors (Lipinski definition) is 2. The number of carbonyl (C=O) groups excluding carboxylic acids is 1. The van der Waals surface area contributed by atoms with Gasteiger partial charge < -0.3 is 16.0 Å². The van der Waals surface area contributed by atoms with E-state index in [1.54, 1.807) is 22.9 Å². The third kappa shape index (κ3) is 5.00. The van der Waals surface area contributed by atoms with Gasteiger partial charge in [0.15, 0.2) is 0 Å². The van der Waals surface area contributed by atoms with E-state index in [1.165, 1.54) is 6.07 Å². The average Bonchev–Trinajstić information content (AvgIpc) is 3.26. The molecular weight excluding hydrogens is 429 g/mol. The average molecular weight is 458 g/mol. The summed E-state index contributed by atoms with van der Waals surface area (Å²) in [6.07, 6.45) is 0.911. The summed E-state index contributed by atoms with van der Waals surface area (Å²) in [4.78, 5) is 15.3. The number of benzene rings is 3. The standard InChI is InChI=1S/C27H28FN5O/c1-3-14-32(21-9-5-4-6-10-21)22-12-13-24(28)25(17-22)30-27(34)26-15-19(2)31-33(26)23-11-7-8-20(16-23)18-29/h4-13,15-17H,3,14,18,29H2,1-2H3,(H,30,34). The van der Waals surface area contributed by atoms with Crippen molar-refractivity contribution in [2.45, 2.75) is 26.8 Å². The van der Waals surface area contributed by atoms with Gasteiger partial charge in [-0.05, 0) is 67.4 Å². The van der Waals surface area contributed by atoms with E-state index in [9.17, 15) is 9.18 Å². The maximum absolute atomic E-state index is 14.8. The monoisotopic (exact) mass is 457 g/mol. The van der Waals surface area contributed by atoms with Gasteiger partial charge >= 0.3 is 0 Å². The molecule has 0 spiro atoms. The van der Waals surface area contributed by atoms with Gasteiger partial charge in [-0.2, -0.15) is 5.10 Å². The lowest BCUT2D eigenvalue weighted by Crippen LogP contribution is -2.20. The molecule has 174 valence electrons. The molecular formula is C27H28FN5O. The summed E-state index contributed by atoms with van der Waals surface area (Å²) in [6, 6.07) is 23.9. The molecule has 1 amide bonds. The van der Waals surface area contributed by atoms with Gasteiger partial charge in [0.1, 0.15) is 11.5 Å². The maximum Gasteiger partial charge on any atom is 0.274 e. The largest absolute Gasteiger partial charge is 0.341 e. The fourth-order valence-corrected chi connectivity index (χ4v) is 3.88. The number of rotatable bonds is 8. The van der Waals surface area contributed by atoms with Gasteiger partial charge in [0, 0.05) is 24.5 Å². The van der Waals surface area contributed by atoms with Crippen LogP contribution in [-0.4, -0.2) is 22.2 Å². The highest BCUT2D eigenvalue weighted by Crippen LogP contribution is 2.29. The van der Waals surface area contributed by atoms with Crippen LogP contribution in [0.1, 0.15) is 35.1 Å². The van der Waals surface area contributed by atoms with Gasteiger partial charge in [-0.3, -0.25) is 4.79 Å². The lowest BCUT2D eigenvalue weighted by atomic mass is 10.2. The van der Waals surface area contributed by atoms with Gasteiger partial charge in [-0.15, -0.1) is 0 Å². The van der Waals surface area contributed by atoms with Crippen LogP contribution in [0.4, 0.5) is 21.5 Å². The molecule has 1 heterocycles. The van der Waals surface area contributed by atoms with E-state index in [1.807, 2.05) is 61.5 Å². The predicted molar refractivity (Wildman–Crippen MR) is 134 cm³/mol. The fraction of sp³-hybridized carbons (Fsp3) is 0.185. The van der Waals surface area contributed by atoms with E-state index in [0.717, 1.165) is 29.9 Å². The molecule has 0 unspecified atom stereocenters. The number of nitrogens with one attached hydrogen (secondary N) is 1. The maximum atomic E-state index is 14.8. The van der Waals surface area contributed by atoms with E-state index in [2.05, 4.69) is 22.2 Å². The van der Waals surface area contributed by atoms with Gasteiger partial charge in [0.2, 0.25) is 0 Å². The zero-order chi connectivity index (χ0) is 24.1. The summed E-state index contributed by atoms with van der Waals surface area (Å²) in [7, 11) is 0. The Hall–Kier alpha value is -3.97. The molecule has 4 rings (SSSR count). The first-order valence-electron chi connectivity index (χ1n) is 11.3. The van der Waals surface area contributed by atoms with Crippen LogP contribution in [0.15, 0.2) is 78.9 Å². The molecule has 0 bridgehead atoms. The predicted octanol–water partition coefficient (Wildman–Crippen LogP) is 5.58. The van der Waals surface area contributed by atoms with Crippen molar-refractivity contribution < 1.29 is 9.18 Å². The van der Waals surface area contributed by atoms with Gasteiger partial charge in [-0.25, -0.2) is 9.07 Å². The number of carbonyl (C=O) groups is 1. The summed E-state index contributed by atoms with van der Waals surface area (Å²) in [5.41, 5.74) is 10.3. The first-order chi connectivity index (χ1) is 16.5. The zero-order valence-corrected chi connectivity index (χ0v) is 19.3. The number of hydrogen-bond acceptors (Lipinski definition) is 4. The second-order valence-electron chi connectivity index (χ2n) is 8.06. The molecule has 3 aromatic carbocycles. The van der Waals surface area contributed by atoms with E-state index in [4.69, 9.17) is 5.73 Å². The van der Waals surface area contributed by atoms with Crippen LogP contribution in [0, 0.1) is 12.7 Å². The minimum atomic E-state index is -0.505. The molecule has 1 aromatic heterocycles. The van der Waals surface area contributed by atoms with Crippen molar-refractivity contribution in [1.82, 2.24) is 9.78 Å². The highest BCUT2D eigenvalue weighted by molar-refractivity contribution is 6.04. The smallest absolute Gasteiger partial charge is 0.274 e. The Morgan fingerprint density at radius 2 is 1.82 bits per heavy atom. The molecule has 34 heavy (non-hydrogen) atoms. The number of amides is 1. The van der Waals surface area contributed by atoms with Crippen LogP contribution < -0.4 is 16.0 Å². The summed E-state index contributed by atoms with van der Waals surface area (Å²) in [5, 5.41) is 7.21. The molecule has 0 fully saturated rings. The number of aromatic nitrogens is 2. The molecule has 7 heteroatoms. The number of anilines is 3. The lowest BCUT2D eigenvalue weighted by molar-refractivity contribution is 0.101. The van der Waals surface area contributed by atoms with Crippen molar-refractivity contribution in [2.24, 2.45) is 5.73 Å². The topological polar surface area (TPSA) is 76.2 Å². The second-order valence-corrected chi connectivity index (χ2v) is 8.06. The third-order valence-electron chi connectivity index (χ3n) is 5.48. The first-order valence-corrected chi connectivity index (χ1v) is 11.3. The highest BCUT2D eigenvalue weighted by Gasteiger charge is 2.19. The van der Waals surface area contributed by atoms with Gasteiger partial charge in [0.05, 0.1) is 17.1 Å². The van der Waals surface area contributed by atoms with Crippen molar-refractivity contribution in [3.63, 3.8) is 0 Å². The molecule has 4 aromatic rings.